The summed E-state index contributed by atoms with van der Waals surface area (Å²) in [6.45, 7) is 3.43. The number of methoxy groups -OCH3 is 1. The van der Waals surface area contributed by atoms with E-state index in [1.807, 2.05) is 25.1 Å². The first-order chi connectivity index (χ1) is 9.20. The van der Waals surface area contributed by atoms with Crippen LogP contribution in [0.2, 0.25) is 0 Å². The highest BCUT2D eigenvalue weighted by Crippen LogP contribution is 2.22. The maximum atomic E-state index is 5.91. The molecule has 2 aromatic rings. The number of aromatic nitrogens is 1. The predicted molar refractivity (Wildman–Crippen MR) is 79.4 cm³/mol. The van der Waals surface area contributed by atoms with Gasteiger partial charge < -0.3 is 15.8 Å². The average molecular weight is 259 g/mol. The number of hydrogen-bond donors (Lipinski definition) is 2. The third-order valence-electron chi connectivity index (χ3n) is 3.06. The molecule has 0 aliphatic carbocycles. The molecule has 0 saturated heterocycles. The molecule has 1 heterocycles. The van der Waals surface area contributed by atoms with E-state index < -0.39 is 0 Å². The van der Waals surface area contributed by atoms with Crippen molar-refractivity contribution in [2.75, 3.05) is 25.6 Å². The van der Waals surface area contributed by atoms with E-state index in [-0.39, 0.29) is 6.04 Å². The van der Waals surface area contributed by atoms with Gasteiger partial charge in [-0.2, -0.15) is 0 Å². The minimum atomic E-state index is 0.0756. The monoisotopic (exact) mass is 259 g/mol. The van der Waals surface area contributed by atoms with Gasteiger partial charge in [-0.3, -0.25) is 4.98 Å². The number of anilines is 1. The van der Waals surface area contributed by atoms with Crippen LogP contribution >= 0.6 is 0 Å². The molecule has 0 radical (unpaired) electrons. The second kappa shape index (κ2) is 6.50. The summed E-state index contributed by atoms with van der Waals surface area (Å²) in [5.41, 5.74) is 9.07. The van der Waals surface area contributed by atoms with Gasteiger partial charge in [-0.15, -0.1) is 0 Å². The molecule has 1 unspecified atom stereocenters. The summed E-state index contributed by atoms with van der Waals surface area (Å²) in [7, 11) is 1.67. The van der Waals surface area contributed by atoms with Crippen molar-refractivity contribution >= 4 is 16.6 Å². The van der Waals surface area contributed by atoms with E-state index in [4.69, 9.17) is 10.5 Å². The molecule has 4 nitrogen and oxygen atoms in total. The number of nitrogens with two attached hydrogens (primary N) is 1. The molecule has 0 spiro atoms. The summed E-state index contributed by atoms with van der Waals surface area (Å²) in [5.74, 6) is 0. The van der Waals surface area contributed by atoms with Crippen LogP contribution in [0.3, 0.4) is 0 Å². The summed E-state index contributed by atoms with van der Waals surface area (Å²) in [5, 5.41) is 4.59. The molecule has 19 heavy (non-hydrogen) atoms. The largest absolute Gasteiger partial charge is 0.384 e. The zero-order valence-corrected chi connectivity index (χ0v) is 11.5. The molecule has 0 saturated carbocycles. The SMILES string of the molecule is COCC(N)CCNc1cc(C)nc2ccccc12. The summed E-state index contributed by atoms with van der Waals surface area (Å²) in [6.07, 6.45) is 0.879. The van der Waals surface area contributed by atoms with Crippen LogP contribution in [0.1, 0.15) is 12.1 Å². The van der Waals surface area contributed by atoms with E-state index in [9.17, 15) is 0 Å². The second-order valence-electron chi connectivity index (χ2n) is 4.76. The molecule has 1 atom stereocenters. The normalized spacial score (nSPS) is 12.6. The number of rotatable bonds is 6. The van der Waals surface area contributed by atoms with Crippen LogP contribution in [-0.2, 0) is 4.74 Å². The number of aryl methyl sites for hydroxylation is 1. The van der Waals surface area contributed by atoms with Crippen molar-refractivity contribution in [2.24, 2.45) is 5.73 Å². The number of nitrogens with one attached hydrogen (secondary N) is 1. The molecule has 0 amide bonds. The summed E-state index contributed by atoms with van der Waals surface area (Å²) in [4.78, 5) is 4.52. The van der Waals surface area contributed by atoms with Gasteiger partial charge in [0, 0.05) is 36.5 Å². The standard InChI is InChI=1S/C15H21N3O/c1-11-9-15(17-8-7-12(16)10-19-2)13-5-3-4-6-14(13)18-11/h3-6,9,12H,7-8,10,16H2,1-2H3,(H,17,18). The highest BCUT2D eigenvalue weighted by Gasteiger charge is 2.05. The quantitative estimate of drug-likeness (QED) is 0.836. The van der Waals surface area contributed by atoms with Gasteiger partial charge >= 0.3 is 0 Å². The number of nitrogens with zero attached hydrogens (tertiary/aromatic N) is 1. The Bertz CT molecular complexity index is 542. The lowest BCUT2D eigenvalue weighted by molar-refractivity contribution is 0.178. The average Bonchev–Trinajstić information content (AvgIpc) is 2.38. The van der Waals surface area contributed by atoms with Crippen LogP contribution in [0, 0.1) is 6.92 Å². The van der Waals surface area contributed by atoms with E-state index >= 15 is 0 Å². The van der Waals surface area contributed by atoms with Gasteiger partial charge in [-0.05, 0) is 25.5 Å². The van der Waals surface area contributed by atoms with Gasteiger partial charge in [-0.25, -0.2) is 0 Å². The Morgan fingerprint density at radius 2 is 2.16 bits per heavy atom. The van der Waals surface area contributed by atoms with Crippen LogP contribution in [0.15, 0.2) is 30.3 Å². The number of para-hydroxylation sites is 1. The molecule has 0 aliphatic heterocycles. The van der Waals surface area contributed by atoms with E-state index in [2.05, 4.69) is 22.4 Å². The Kier molecular flexibility index (Phi) is 4.71. The molecule has 1 aromatic carbocycles. The Labute approximate surface area is 114 Å². The van der Waals surface area contributed by atoms with Crippen LogP contribution in [0.5, 0.6) is 0 Å². The molecule has 4 heteroatoms. The Balaban J connectivity index is 2.08. The number of ether oxygens (including phenoxy) is 1. The van der Waals surface area contributed by atoms with Gasteiger partial charge in [0.25, 0.3) is 0 Å². The topological polar surface area (TPSA) is 60.2 Å². The fourth-order valence-corrected chi connectivity index (χ4v) is 2.14. The van der Waals surface area contributed by atoms with Gasteiger partial charge in [0.2, 0.25) is 0 Å². The molecule has 3 N–H and O–H groups in total. The number of benzene rings is 1. The summed E-state index contributed by atoms with van der Waals surface area (Å²) < 4.78 is 5.03. The van der Waals surface area contributed by atoms with Crippen molar-refractivity contribution in [1.82, 2.24) is 4.98 Å². The van der Waals surface area contributed by atoms with Gasteiger partial charge in [0.15, 0.2) is 0 Å². The lowest BCUT2D eigenvalue weighted by atomic mass is 10.1. The van der Waals surface area contributed by atoms with E-state index in [0.717, 1.165) is 35.2 Å². The molecular formula is C15H21N3O. The van der Waals surface area contributed by atoms with Gasteiger partial charge in [0.1, 0.15) is 0 Å². The lowest BCUT2D eigenvalue weighted by Gasteiger charge is -2.13. The predicted octanol–water partition coefficient (Wildman–Crippen LogP) is 2.32. The van der Waals surface area contributed by atoms with Crippen molar-refractivity contribution in [3.8, 4) is 0 Å². The van der Waals surface area contributed by atoms with E-state index in [1.54, 1.807) is 7.11 Å². The van der Waals surface area contributed by atoms with Crippen LogP contribution in [-0.4, -0.2) is 31.3 Å². The van der Waals surface area contributed by atoms with Crippen molar-refractivity contribution in [2.45, 2.75) is 19.4 Å². The third-order valence-corrected chi connectivity index (χ3v) is 3.06. The smallest absolute Gasteiger partial charge is 0.0725 e. The molecule has 0 bridgehead atoms. The maximum absolute atomic E-state index is 5.91. The first kappa shape index (κ1) is 13.8. The molecule has 0 aliphatic rings. The van der Waals surface area contributed by atoms with Crippen LogP contribution in [0.4, 0.5) is 5.69 Å². The van der Waals surface area contributed by atoms with Crippen LogP contribution in [0.25, 0.3) is 10.9 Å². The molecule has 0 fully saturated rings. The molecule has 2 rings (SSSR count). The highest BCUT2D eigenvalue weighted by molar-refractivity contribution is 5.91. The fourth-order valence-electron chi connectivity index (χ4n) is 2.14. The fraction of sp³-hybridized carbons (Fsp3) is 0.400. The summed E-state index contributed by atoms with van der Waals surface area (Å²) >= 11 is 0. The van der Waals surface area contributed by atoms with Crippen molar-refractivity contribution < 1.29 is 4.74 Å². The second-order valence-corrected chi connectivity index (χ2v) is 4.76. The summed E-state index contributed by atoms with van der Waals surface area (Å²) in [6, 6.07) is 10.3. The first-order valence-corrected chi connectivity index (χ1v) is 6.55. The third kappa shape index (κ3) is 3.66. The first-order valence-electron chi connectivity index (χ1n) is 6.55. The number of hydrogen-bond acceptors (Lipinski definition) is 4. The van der Waals surface area contributed by atoms with E-state index in [0.29, 0.717) is 6.61 Å². The minimum absolute atomic E-state index is 0.0756. The molecule has 1 aromatic heterocycles. The Morgan fingerprint density at radius 1 is 1.37 bits per heavy atom. The number of pyridine rings is 1. The highest BCUT2D eigenvalue weighted by atomic mass is 16.5. The zero-order chi connectivity index (χ0) is 13.7. The lowest BCUT2D eigenvalue weighted by Crippen LogP contribution is -2.28. The molecule has 102 valence electrons. The van der Waals surface area contributed by atoms with Gasteiger partial charge in [-0.1, -0.05) is 18.2 Å². The van der Waals surface area contributed by atoms with Crippen molar-refractivity contribution in [3.05, 3.63) is 36.0 Å². The van der Waals surface area contributed by atoms with Crippen LogP contribution < -0.4 is 11.1 Å². The van der Waals surface area contributed by atoms with Crippen molar-refractivity contribution in [1.29, 1.82) is 0 Å². The maximum Gasteiger partial charge on any atom is 0.0725 e. The zero-order valence-electron chi connectivity index (χ0n) is 11.5. The van der Waals surface area contributed by atoms with Gasteiger partial charge in [0.05, 0.1) is 12.1 Å². The number of fused-ring (bicyclic) bond motifs is 1. The molecular weight excluding hydrogens is 238 g/mol. The Morgan fingerprint density at radius 3 is 2.95 bits per heavy atom. The minimum Gasteiger partial charge on any atom is -0.384 e. The Hall–Kier alpha value is -1.65. The van der Waals surface area contributed by atoms with Crippen molar-refractivity contribution in [3.63, 3.8) is 0 Å². The van der Waals surface area contributed by atoms with E-state index in [1.165, 1.54) is 0 Å².